The van der Waals surface area contributed by atoms with Crippen molar-refractivity contribution in [1.82, 2.24) is 5.32 Å². The van der Waals surface area contributed by atoms with Gasteiger partial charge < -0.3 is 14.8 Å². The fourth-order valence-corrected chi connectivity index (χ4v) is 4.09. The molecule has 5 nitrogen and oxygen atoms in total. The van der Waals surface area contributed by atoms with Crippen LogP contribution in [0.4, 0.5) is 4.39 Å². The fourth-order valence-electron chi connectivity index (χ4n) is 4.09. The zero-order valence-corrected chi connectivity index (χ0v) is 14.7. The van der Waals surface area contributed by atoms with Gasteiger partial charge in [-0.15, -0.1) is 0 Å². The van der Waals surface area contributed by atoms with Crippen molar-refractivity contribution in [3.63, 3.8) is 0 Å². The van der Waals surface area contributed by atoms with E-state index < -0.39 is 17.9 Å². The fraction of sp³-hybridized carbons (Fsp3) is 0.400. The molecule has 0 bridgehead atoms. The Labute approximate surface area is 150 Å². The number of hydrogen-bond acceptors (Lipinski definition) is 5. The van der Waals surface area contributed by atoms with Gasteiger partial charge in [0.2, 0.25) is 0 Å². The van der Waals surface area contributed by atoms with E-state index in [1.54, 1.807) is 19.1 Å². The molecular weight excluding hydrogens is 337 g/mol. The van der Waals surface area contributed by atoms with E-state index in [1.165, 1.54) is 13.2 Å². The smallest absolute Gasteiger partial charge is 0.337 e. The molecule has 4 rings (SSSR count). The largest absolute Gasteiger partial charge is 0.466 e. The van der Waals surface area contributed by atoms with Gasteiger partial charge in [0.05, 0.1) is 29.9 Å². The first-order chi connectivity index (χ1) is 12.5. The topological polar surface area (TPSA) is 64.6 Å². The Morgan fingerprint density at radius 2 is 2.12 bits per heavy atom. The van der Waals surface area contributed by atoms with Crippen LogP contribution in [0.1, 0.15) is 49.1 Å². The number of esters is 2. The van der Waals surface area contributed by atoms with Crippen molar-refractivity contribution in [2.45, 2.75) is 38.0 Å². The Morgan fingerprint density at radius 3 is 2.77 bits per heavy atom. The normalized spacial score (nSPS) is 22.6. The number of allylic oxidation sites excluding steroid dienone is 1. The van der Waals surface area contributed by atoms with Crippen LogP contribution in [0.15, 0.2) is 40.7 Å². The van der Waals surface area contributed by atoms with E-state index in [2.05, 4.69) is 5.32 Å². The third kappa shape index (κ3) is 2.43. The minimum atomic E-state index is -0.681. The van der Waals surface area contributed by atoms with E-state index in [0.717, 1.165) is 19.3 Å². The molecule has 1 fully saturated rings. The number of hydrogen-bond donors (Lipinski definition) is 1. The SMILES string of the molecule is COC(=O)C1=C(C)NC2=C(C(=O)OC2)[C@@H]1c1cccc(F)c1C1CCC1. The zero-order valence-electron chi connectivity index (χ0n) is 14.7. The average molecular weight is 357 g/mol. The van der Waals surface area contributed by atoms with Crippen LogP contribution in [0, 0.1) is 5.82 Å². The Balaban J connectivity index is 1.94. The highest BCUT2D eigenvalue weighted by Crippen LogP contribution is 2.47. The molecule has 2 aliphatic heterocycles. The van der Waals surface area contributed by atoms with Gasteiger partial charge in [-0.3, -0.25) is 0 Å². The molecule has 0 amide bonds. The Morgan fingerprint density at radius 1 is 1.35 bits per heavy atom. The van der Waals surface area contributed by atoms with Crippen LogP contribution in [0.25, 0.3) is 0 Å². The second-order valence-electron chi connectivity index (χ2n) is 6.93. The van der Waals surface area contributed by atoms with Gasteiger partial charge in [-0.2, -0.15) is 0 Å². The Kier molecular flexibility index (Phi) is 4.05. The molecule has 1 atom stereocenters. The molecule has 1 aliphatic carbocycles. The third-order valence-corrected chi connectivity index (χ3v) is 5.53. The summed E-state index contributed by atoms with van der Waals surface area (Å²) < 4.78 is 24.9. The highest BCUT2D eigenvalue weighted by atomic mass is 19.1. The van der Waals surface area contributed by atoms with Gasteiger partial charge in [0.25, 0.3) is 0 Å². The van der Waals surface area contributed by atoms with Crippen LogP contribution >= 0.6 is 0 Å². The van der Waals surface area contributed by atoms with Gasteiger partial charge in [-0.05, 0) is 42.9 Å². The molecule has 0 unspecified atom stereocenters. The summed E-state index contributed by atoms with van der Waals surface area (Å²) in [7, 11) is 1.30. The van der Waals surface area contributed by atoms with E-state index in [0.29, 0.717) is 33.7 Å². The summed E-state index contributed by atoms with van der Waals surface area (Å²) >= 11 is 0. The minimum absolute atomic E-state index is 0.113. The maximum Gasteiger partial charge on any atom is 0.337 e. The summed E-state index contributed by atoms with van der Waals surface area (Å²) in [6.07, 6.45) is 2.87. The van der Waals surface area contributed by atoms with Crippen molar-refractivity contribution >= 4 is 11.9 Å². The van der Waals surface area contributed by atoms with Gasteiger partial charge in [0.15, 0.2) is 0 Å². The second-order valence-corrected chi connectivity index (χ2v) is 6.93. The molecule has 1 aromatic carbocycles. The lowest BCUT2D eigenvalue weighted by atomic mass is 9.72. The summed E-state index contributed by atoms with van der Waals surface area (Å²) in [6.45, 7) is 1.89. The van der Waals surface area contributed by atoms with Gasteiger partial charge in [-0.1, -0.05) is 18.6 Å². The first-order valence-electron chi connectivity index (χ1n) is 8.77. The molecule has 3 aliphatic rings. The van der Waals surface area contributed by atoms with Crippen LogP contribution in [0.5, 0.6) is 0 Å². The lowest BCUT2D eigenvalue weighted by Gasteiger charge is -2.33. The van der Waals surface area contributed by atoms with Crippen LogP contribution in [0.2, 0.25) is 0 Å². The van der Waals surface area contributed by atoms with Crippen molar-refractivity contribution in [2.24, 2.45) is 0 Å². The van der Waals surface area contributed by atoms with Crippen molar-refractivity contribution in [3.05, 3.63) is 57.7 Å². The number of cyclic esters (lactones) is 1. The number of carbonyl (C=O) groups excluding carboxylic acids is 2. The van der Waals surface area contributed by atoms with Crippen LogP contribution in [-0.4, -0.2) is 25.7 Å². The van der Waals surface area contributed by atoms with E-state index in [4.69, 9.17) is 9.47 Å². The standard InChI is InChI=1S/C20H20FNO4/c1-10-15(19(23)25-2)17(18-14(22-10)9-26-20(18)24)12-7-4-8-13(21)16(12)11-5-3-6-11/h4,7-8,11,17,22H,3,5-6,9H2,1-2H3/t17-/m1/s1. The molecule has 0 radical (unpaired) electrons. The number of dihydropyridines is 1. The summed E-state index contributed by atoms with van der Waals surface area (Å²) in [6, 6.07) is 4.87. The van der Waals surface area contributed by atoms with Gasteiger partial charge in [-0.25, -0.2) is 14.0 Å². The quantitative estimate of drug-likeness (QED) is 0.843. The van der Waals surface area contributed by atoms with Gasteiger partial charge >= 0.3 is 11.9 Å². The number of benzene rings is 1. The summed E-state index contributed by atoms with van der Waals surface area (Å²) in [4.78, 5) is 24.9. The number of carbonyl (C=O) groups is 2. The average Bonchev–Trinajstić information content (AvgIpc) is 2.94. The first-order valence-corrected chi connectivity index (χ1v) is 8.77. The summed E-state index contributed by atoms with van der Waals surface area (Å²) in [5.74, 6) is -1.87. The van der Waals surface area contributed by atoms with Crippen molar-refractivity contribution < 1.29 is 23.5 Å². The van der Waals surface area contributed by atoms with Gasteiger partial charge in [0.1, 0.15) is 12.4 Å². The number of ether oxygens (including phenoxy) is 2. The lowest BCUT2D eigenvalue weighted by molar-refractivity contribution is -0.136. The van der Waals surface area contributed by atoms with Crippen LogP contribution < -0.4 is 5.32 Å². The van der Waals surface area contributed by atoms with E-state index in [-0.39, 0.29) is 18.3 Å². The number of methoxy groups -OCH3 is 1. The van der Waals surface area contributed by atoms with E-state index >= 15 is 0 Å². The van der Waals surface area contributed by atoms with Crippen molar-refractivity contribution in [2.75, 3.05) is 13.7 Å². The number of halogens is 1. The predicted molar refractivity (Wildman–Crippen MR) is 91.6 cm³/mol. The second kappa shape index (κ2) is 6.27. The van der Waals surface area contributed by atoms with Crippen molar-refractivity contribution in [3.8, 4) is 0 Å². The number of nitrogens with one attached hydrogen (secondary N) is 1. The number of rotatable bonds is 3. The van der Waals surface area contributed by atoms with E-state index in [9.17, 15) is 14.0 Å². The highest BCUT2D eigenvalue weighted by molar-refractivity contribution is 6.01. The van der Waals surface area contributed by atoms with E-state index in [1.807, 2.05) is 0 Å². The van der Waals surface area contributed by atoms with Crippen LogP contribution in [-0.2, 0) is 19.1 Å². The molecular formula is C20H20FNO4. The Hall–Kier alpha value is -2.63. The summed E-state index contributed by atoms with van der Waals surface area (Å²) in [5.41, 5.74) is 3.20. The molecule has 2 heterocycles. The monoisotopic (exact) mass is 357 g/mol. The molecule has 136 valence electrons. The first kappa shape index (κ1) is 16.8. The zero-order chi connectivity index (χ0) is 18.4. The van der Waals surface area contributed by atoms with Gasteiger partial charge in [0, 0.05) is 5.70 Å². The third-order valence-electron chi connectivity index (χ3n) is 5.53. The molecule has 1 saturated carbocycles. The molecule has 0 aromatic heterocycles. The minimum Gasteiger partial charge on any atom is -0.466 e. The molecule has 26 heavy (non-hydrogen) atoms. The lowest BCUT2D eigenvalue weighted by Crippen LogP contribution is -2.31. The summed E-state index contributed by atoms with van der Waals surface area (Å²) in [5, 5.41) is 3.08. The van der Waals surface area contributed by atoms with Crippen LogP contribution in [0.3, 0.4) is 0 Å². The molecule has 0 spiro atoms. The molecule has 1 aromatic rings. The van der Waals surface area contributed by atoms with Crippen molar-refractivity contribution in [1.29, 1.82) is 0 Å². The highest BCUT2D eigenvalue weighted by Gasteiger charge is 2.43. The maximum atomic E-state index is 14.7. The Bertz CT molecular complexity index is 867. The molecule has 0 saturated heterocycles. The molecule has 1 N–H and O–H groups in total. The maximum absolute atomic E-state index is 14.7. The predicted octanol–water partition coefficient (Wildman–Crippen LogP) is 3.04. The molecule has 6 heteroatoms.